The first-order valence-electron chi connectivity index (χ1n) is 3.06. The molecule has 0 bridgehead atoms. The molecule has 3 N–H and O–H groups in total. The van der Waals surface area contributed by atoms with E-state index in [9.17, 15) is 9.59 Å². The number of aliphatic hydroxyl groups is 2. The predicted octanol–water partition coefficient (Wildman–Crippen LogP) is -1.37. The van der Waals surface area contributed by atoms with Crippen molar-refractivity contribution in [2.24, 2.45) is 5.92 Å². The number of carboxylic acid groups (broad SMARTS) is 1. The van der Waals surface area contributed by atoms with Crippen molar-refractivity contribution in [2.45, 2.75) is 13.0 Å². The van der Waals surface area contributed by atoms with Gasteiger partial charge in [0.25, 0.3) is 0 Å². The number of carboxylic acids is 1. The molecule has 0 saturated carbocycles. The second kappa shape index (κ2) is 4.05. The number of Topliss-reactive ketones (excluding diaryl/α,β-unsaturated/α-hetero) is 1. The van der Waals surface area contributed by atoms with Gasteiger partial charge >= 0.3 is 5.97 Å². The number of carbonyl (C=O) groups is 2. The van der Waals surface area contributed by atoms with E-state index < -0.39 is 30.4 Å². The largest absolute Gasteiger partial charge is 0.481 e. The molecule has 0 spiro atoms. The van der Waals surface area contributed by atoms with Gasteiger partial charge in [-0.15, -0.1) is 0 Å². The number of aliphatic carboxylic acids is 1. The van der Waals surface area contributed by atoms with Crippen LogP contribution in [0.3, 0.4) is 0 Å². The third-order valence-corrected chi connectivity index (χ3v) is 1.24. The van der Waals surface area contributed by atoms with Crippen LogP contribution in [-0.2, 0) is 9.59 Å². The zero-order valence-corrected chi connectivity index (χ0v) is 6.02. The zero-order chi connectivity index (χ0) is 9.02. The predicted molar refractivity (Wildman–Crippen MR) is 34.9 cm³/mol. The molecule has 2 unspecified atom stereocenters. The van der Waals surface area contributed by atoms with Crippen LogP contribution in [0, 0.1) is 5.92 Å². The van der Waals surface area contributed by atoms with Gasteiger partial charge in [0, 0.05) is 0 Å². The van der Waals surface area contributed by atoms with Crippen LogP contribution in [0.1, 0.15) is 6.92 Å². The van der Waals surface area contributed by atoms with Crippen LogP contribution in [0.2, 0.25) is 0 Å². The van der Waals surface area contributed by atoms with E-state index in [4.69, 9.17) is 15.3 Å². The second-order valence-corrected chi connectivity index (χ2v) is 2.15. The average Bonchev–Trinajstić information content (AvgIpc) is 1.88. The molecule has 0 heterocycles. The SMILES string of the molecule is CC(O)C(=O)C(CO)C(=O)O. The van der Waals surface area contributed by atoms with Gasteiger partial charge in [0.2, 0.25) is 0 Å². The van der Waals surface area contributed by atoms with E-state index >= 15 is 0 Å². The van der Waals surface area contributed by atoms with Gasteiger partial charge in [-0.2, -0.15) is 0 Å². The second-order valence-electron chi connectivity index (χ2n) is 2.15. The summed E-state index contributed by atoms with van der Waals surface area (Å²) >= 11 is 0. The standard InChI is InChI=1S/C6H10O5/c1-3(8)5(9)4(2-7)6(10)11/h3-4,7-8H,2H2,1H3,(H,10,11). The van der Waals surface area contributed by atoms with E-state index in [0.717, 1.165) is 6.92 Å². The molecular formula is C6H10O5. The fourth-order valence-electron chi connectivity index (χ4n) is 0.581. The first-order valence-corrected chi connectivity index (χ1v) is 3.06. The summed E-state index contributed by atoms with van der Waals surface area (Å²) in [6, 6.07) is 0. The zero-order valence-electron chi connectivity index (χ0n) is 6.02. The summed E-state index contributed by atoms with van der Waals surface area (Å²) in [6.07, 6.45) is -1.34. The van der Waals surface area contributed by atoms with Crippen molar-refractivity contribution in [2.75, 3.05) is 6.61 Å². The molecule has 0 aromatic rings. The summed E-state index contributed by atoms with van der Waals surface area (Å²) in [7, 11) is 0. The number of ketones is 1. The highest BCUT2D eigenvalue weighted by Crippen LogP contribution is 2.00. The molecule has 11 heavy (non-hydrogen) atoms. The van der Waals surface area contributed by atoms with Crippen molar-refractivity contribution in [1.29, 1.82) is 0 Å². The van der Waals surface area contributed by atoms with Gasteiger partial charge in [-0.3, -0.25) is 9.59 Å². The molecule has 0 radical (unpaired) electrons. The molecule has 2 atom stereocenters. The smallest absolute Gasteiger partial charge is 0.316 e. The third kappa shape index (κ3) is 2.65. The van der Waals surface area contributed by atoms with Crippen LogP contribution in [0.15, 0.2) is 0 Å². The van der Waals surface area contributed by atoms with Crippen molar-refractivity contribution >= 4 is 11.8 Å². The van der Waals surface area contributed by atoms with Crippen molar-refractivity contribution in [3.63, 3.8) is 0 Å². The Hall–Kier alpha value is -0.940. The Morgan fingerprint density at radius 1 is 1.45 bits per heavy atom. The molecule has 0 aliphatic rings. The number of hydrogen-bond acceptors (Lipinski definition) is 4. The van der Waals surface area contributed by atoms with Gasteiger partial charge in [-0.05, 0) is 6.92 Å². The monoisotopic (exact) mass is 162 g/mol. The Morgan fingerprint density at radius 3 is 2.00 bits per heavy atom. The van der Waals surface area contributed by atoms with Gasteiger partial charge < -0.3 is 15.3 Å². The van der Waals surface area contributed by atoms with E-state index in [1.807, 2.05) is 0 Å². The highest BCUT2D eigenvalue weighted by Gasteiger charge is 2.27. The lowest BCUT2D eigenvalue weighted by Gasteiger charge is -2.08. The summed E-state index contributed by atoms with van der Waals surface area (Å²) in [5, 5.41) is 25.4. The molecule has 5 nitrogen and oxygen atoms in total. The lowest BCUT2D eigenvalue weighted by molar-refractivity contribution is -0.150. The fraction of sp³-hybridized carbons (Fsp3) is 0.667. The van der Waals surface area contributed by atoms with Crippen LogP contribution in [0.4, 0.5) is 0 Å². The minimum Gasteiger partial charge on any atom is -0.481 e. The topological polar surface area (TPSA) is 94.8 Å². The molecule has 0 aliphatic heterocycles. The normalized spacial score (nSPS) is 15.5. The summed E-state index contributed by atoms with van der Waals surface area (Å²) in [4.78, 5) is 20.9. The fourth-order valence-corrected chi connectivity index (χ4v) is 0.581. The van der Waals surface area contributed by atoms with Crippen molar-refractivity contribution in [3.05, 3.63) is 0 Å². The molecule has 0 aliphatic carbocycles. The number of aliphatic hydroxyl groups excluding tert-OH is 2. The van der Waals surface area contributed by atoms with Gasteiger partial charge in [0.05, 0.1) is 6.61 Å². The van der Waals surface area contributed by atoms with Gasteiger partial charge in [0.15, 0.2) is 5.78 Å². The molecule has 0 fully saturated rings. The first kappa shape index (κ1) is 10.1. The summed E-state index contributed by atoms with van der Waals surface area (Å²) in [5.41, 5.74) is 0. The summed E-state index contributed by atoms with van der Waals surface area (Å²) < 4.78 is 0. The molecule has 0 rings (SSSR count). The summed E-state index contributed by atoms with van der Waals surface area (Å²) in [6.45, 7) is 0.382. The van der Waals surface area contributed by atoms with E-state index in [-0.39, 0.29) is 0 Å². The van der Waals surface area contributed by atoms with E-state index in [2.05, 4.69) is 0 Å². The van der Waals surface area contributed by atoms with Gasteiger partial charge in [-0.1, -0.05) is 0 Å². The quantitative estimate of drug-likeness (QED) is 0.443. The summed E-state index contributed by atoms with van der Waals surface area (Å²) in [5.74, 6) is -3.80. The van der Waals surface area contributed by atoms with Crippen molar-refractivity contribution in [3.8, 4) is 0 Å². The van der Waals surface area contributed by atoms with Crippen LogP contribution < -0.4 is 0 Å². The van der Waals surface area contributed by atoms with E-state index in [1.165, 1.54) is 0 Å². The average molecular weight is 162 g/mol. The Morgan fingerprint density at radius 2 is 1.91 bits per heavy atom. The van der Waals surface area contributed by atoms with Crippen molar-refractivity contribution < 1.29 is 24.9 Å². The van der Waals surface area contributed by atoms with Gasteiger partial charge in [0.1, 0.15) is 12.0 Å². The lowest BCUT2D eigenvalue weighted by Crippen LogP contribution is -2.33. The molecule has 0 amide bonds. The maximum atomic E-state index is 10.7. The van der Waals surface area contributed by atoms with E-state index in [1.54, 1.807) is 0 Å². The Kier molecular flexibility index (Phi) is 3.70. The Bertz CT molecular complexity index is 162. The lowest BCUT2D eigenvalue weighted by atomic mass is 10.0. The number of carbonyl (C=O) groups excluding carboxylic acids is 1. The molecule has 64 valence electrons. The Balaban J connectivity index is 4.27. The minimum absolute atomic E-state index is 0.779. The Labute approximate surface area is 63.3 Å². The van der Waals surface area contributed by atoms with Crippen LogP contribution >= 0.6 is 0 Å². The highest BCUT2D eigenvalue weighted by atomic mass is 16.4. The van der Waals surface area contributed by atoms with Crippen LogP contribution in [0.5, 0.6) is 0 Å². The highest BCUT2D eigenvalue weighted by molar-refractivity contribution is 6.00. The number of rotatable bonds is 4. The third-order valence-electron chi connectivity index (χ3n) is 1.24. The first-order chi connectivity index (χ1) is 5.00. The van der Waals surface area contributed by atoms with Gasteiger partial charge in [-0.25, -0.2) is 0 Å². The number of hydrogen-bond donors (Lipinski definition) is 3. The minimum atomic E-state index is -1.50. The maximum Gasteiger partial charge on any atom is 0.316 e. The molecule has 0 aromatic carbocycles. The molecule has 5 heteroatoms. The maximum absolute atomic E-state index is 10.7. The van der Waals surface area contributed by atoms with Crippen molar-refractivity contribution in [1.82, 2.24) is 0 Å². The van der Waals surface area contributed by atoms with E-state index in [0.29, 0.717) is 0 Å². The van der Waals surface area contributed by atoms with Crippen LogP contribution in [0.25, 0.3) is 0 Å². The molecule has 0 aromatic heterocycles. The van der Waals surface area contributed by atoms with Crippen LogP contribution in [-0.4, -0.2) is 39.8 Å². The molecule has 0 saturated heterocycles. The molecular weight excluding hydrogens is 152 g/mol.